The molecule has 0 aromatic rings. The molecule has 35 heavy (non-hydrogen) atoms. The summed E-state index contributed by atoms with van der Waals surface area (Å²) < 4.78 is 11.8. The van der Waals surface area contributed by atoms with Gasteiger partial charge in [0, 0.05) is 19.8 Å². The van der Waals surface area contributed by atoms with Gasteiger partial charge in [-0.05, 0) is 12.8 Å². The maximum Gasteiger partial charge on any atom is 0.0930 e. The van der Waals surface area contributed by atoms with E-state index in [0.29, 0.717) is 13.2 Å². The van der Waals surface area contributed by atoms with Crippen molar-refractivity contribution in [3.63, 3.8) is 0 Å². The molecule has 0 radical (unpaired) electrons. The van der Waals surface area contributed by atoms with Gasteiger partial charge in [-0.2, -0.15) is 0 Å². The van der Waals surface area contributed by atoms with E-state index >= 15 is 0 Å². The summed E-state index contributed by atoms with van der Waals surface area (Å²) in [5, 5.41) is 0. The molecular formula is C31H66ClNO2. The molecule has 0 aliphatic heterocycles. The van der Waals surface area contributed by atoms with E-state index in [1.54, 1.807) is 0 Å². The van der Waals surface area contributed by atoms with E-state index < -0.39 is 0 Å². The molecule has 0 aliphatic rings. The lowest BCUT2D eigenvalue weighted by molar-refractivity contribution is -0.0136. The topological polar surface area (TPSA) is 44.5 Å². The molecule has 2 N–H and O–H groups in total. The molecule has 0 fully saturated rings. The number of nitrogens with two attached hydrogens (primary N) is 1. The molecule has 0 saturated carbocycles. The number of hydrogen-bond donors (Lipinski definition) is 1. The second kappa shape index (κ2) is 34.2. The Morgan fingerprint density at radius 1 is 0.457 bits per heavy atom. The summed E-state index contributed by atoms with van der Waals surface area (Å²) in [5.74, 6) is 0. The van der Waals surface area contributed by atoms with Crippen LogP contribution in [0.3, 0.4) is 0 Å². The van der Waals surface area contributed by atoms with Gasteiger partial charge in [-0.3, -0.25) is 0 Å². The maximum atomic E-state index is 5.95. The van der Waals surface area contributed by atoms with Gasteiger partial charge in [0.05, 0.1) is 12.7 Å². The number of ether oxygens (including phenoxy) is 2. The summed E-state index contributed by atoms with van der Waals surface area (Å²) in [7, 11) is 0. The van der Waals surface area contributed by atoms with Crippen LogP contribution in [0, 0.1) is 0 Å². The normalized spacial score (nSPS) is 12.1. The average Bonchev–Trinajstić information content (AvgIpc) is 2.85. The summed E-state index contributed by atoms with van der Waals surface area (Å²) in [5.41, 5.74) is 5.87. The Kier molecular flexibility index (Phi) is 36.4. The zero-order chi connectivity index (χ0) is 24.8. The van der Waals surface area contributed by atoms with Crippen molar-refractivity contribution in [3.05, 3.63) is 0 Å². The van der Waals surface area contributed by atoms with Crippen LogP contribution in [0.5, 0.6) is 0 Å². The van der Waals surface area contributed by atoms with Gasteiger partial charge in [-0.15, -0.1) is 12.4 Å². The molecule has 0 aromatic heterocycles. The fourth-order valence-electron chi connectivity index (χ4n) is 4.64. The van der Waals surface area contributed by atoms with Crippen molar-refractivity contribution < 1.29 is 9.47 Å². The van der Waals surface area contributed by atoms with Crippen molar-refractivity contribution in [1.29, 1.82) is 0 Å². The monoisotopic (exact) mass is 519 g/mol. The van der Waals surface area contributed by atoms with E-state index in [1.807, 2.05) is 0 Å². The highest BCUT2D eigenvalue weighted by atomic mass is 35.5. The van der Waals surface area contributed by atoms with Gasteiger partial charge in [0.1, 0.15) is 0 Å². The predicted octanol–water partition coefficient (Wildman–Crippen LogP) is 10.2. The standard InChI is InChI=1S/C31H65NO2.ClH/c1-3-5-7-9-11-13-15-17-19-21-23-25-27-33-30-31(29-32)34-28-26-24-22-20-18-16-14-12-10-8-6-4-2;/h31H,3-30,32H2,1-2H3;1H. The molecule has 1 unspecified atom stereocenters. The van der Waals surface area contributed by atoms with Crippen LogP contribution >= 0.6 is 12.4 Å². The Balaban J connectivity index is 0. The minimum absolute atomic E-state index is 0. The number of halogens is 1. The zero-order valence-corrected chi connectivity index (χ0v) is 25.0. The highest BCUT2D eigenvalue weighted by Crippen LogP contribution is 2.13. The van der Waals surface area contributed by atoms with Gasteiger partial charge >= 0.3 is 0 Å². The van der Waals surface area contributed by atoms with Crippen molar-refractivity contribution in [2.24, 2.45) is 5.73 Å². The summed E-state index contributed by atoms with van der Waals surface area (Å²) in [6.07, 6.45) is 33.2. The molecule has 0 amide bonds. The number of unbranched alkanes of at least 4 members (excludes halogenated alkanes) is 22. The van der Waals surface area contributed by atoms with Gasteiger partial charge in [0.25, 0.3) is 0 Å². The molecule has 3 nitrogen and oxygen atoms in total. The summed E-state index contributed by atoms with van der Waals surface area (Å²) in [6.45, 7) is 7.49. The molecule has 0 saturated heterocycles. The molecule has 0 aliphatic carbocycles. The summed E-state index contributed by atoms with van der Waals surface area (Å²) >= 11 is 0. The van der Waals surface area contributed by atoms with Crippen molar-refractivity contribution in [2.45, 2.75) is 174 Å². The third-order valence-electron chi connectivity index (χ3n) is 7.06. The SMILES string of the molecule is CCCCCCCCCCCCCCOCC(CN)OCCCCCCCCCCCCCC.Cl. The quantitative estimate of drug-likeness (QED) is 0.0959. The number of rotatable bonds is 30. The lowest BCUT2D eigenvalue weighted by atomic mass is 10.1. The van der Waals surface area contributed by atoms with Gasteiger partial charge in [-0.1, -0.05) is 155 Å². The Bertz CT molecular complexity index is 357. The molecule has 4 heteroatoms. The lowest BCUT2D eigenvalue weighted by Gasteiger charge is -2.16. The van der Waals surface area contributed by atoms with Crippen molar-refractivity contribution >= 4 is 12.4 Å². The Hall–Kier alpha value is 0.170. The molecule has 214 valence electrons. The van der Waals surface area contributed by atoms with E-state index in [9.17, 15) is 0 Å². The van der Waals surface area contributed by atoms with Crippen molar-refractivity contribution in [2.75, 3.05) is 26.4 Å². The first kappa shape index (κ1) is 37.3. The maximum absolute atomic E-state index is 5.95. The van der Waals surface area contributed by atoms with Crippen LogP contribution in [0.15, 0.2) is 0 Å². The zero-order valence-electron chi connectivity index (χ0n) is 24.2. The van der Waals surface area contributed by atoms with Crippen LogP contribution < -0.4 is 5.73 Å². The Morgan fingerprint density at radius 2 is 0.771 bits per heavy atom. The van der Waals surface area contributed by atoms with Crippen LogP contribution in [-0.4, -0.2) is 32.5 Å². The molecule has 0 spiro atoms. The largest absolute Gasteiger partial charge is 0.379 e. The molecule has 0 bridgehead atoms. The van der Waals surface area contributed by atoms with Gasteiger partial charge in [0.2, 0.25) is 0 Å². The summed E-state index contributed by atoms with van der Waals surface area (Å²) in [4.78, 5) is 0. The highest BCUT2D eigenvalue weighted by Gasteiger charge is 2.06. The van der Waals surface area contributed by atoms with Gasteiger partial charge < -0.3 is 15.2 Å². The van der Waals surface area contributed by atoms with Crippen LogP contribution in [0.2, 0.25) is 0 Å². The van der Waals surface area contributed by atoms with E-state index in [4.69, 9.17) is 15.2 Å². The van der Waals surface area contributed by atoms with E-state index in [-0.39, 0.29) is 18.5 Å². The minimum Gasteiger partial charge on any atom is -0.379 e. The second-order valence-corrected chi connectivity index (χ2v) is 10.6. The van der Waals surface area contributed by atoms with Crippen LogP contribution in [-0.2, 0) is 9.47 Å². The molecular weight excluding hydrogens is 454 g/mol. The van der Waals surface area contributed by atoms with E-state index in [0.717, 1.165) is 19.6 Å². The van der Waals surface area contributed by atoms with Crippen molar-refractivity contribution in [3.8, 4) is 0 Å². The first-order valence-electron chi connectivity index (χ1n) is 15.7. The summed E-state index contributed by atoms with van der Waals surface area (Å²) in [6, 6.07) is 0. The minimum atomic E-state index is 0. The van der Waals surface area contributed by atoms with E-state index in [1.165, 1.54) is 148 Å². The Morgan fingerprint density at radius 3 is 1.11 bits per heavy atom. The Labute approximate surface area is 227 Å². The third kappa shape index (κ3) is 32.1. The molecule has 0 aromatic carbocycles. The molecule has 1 atom stereocenters. The predicted molar refractivity (Wildman–Crippen MR) is 159 cm³/mol. The average molecular weight is 520 g/mol. The molecule has 0 rings (SSSR count). The first-order chi connectivity index (χ1) is 16.8. The van der Waals surface area contributed by atoms with Crippen LogP contribution in [0.1, 0.15) is 168 Å². The lowest BCUT2D eigenvalue weighted by Crippen LogP contribution is -2.29. The van der Waals surface area contributed by atoms with Crippen LogP contribution in [0.4, 0.5) is 0 Å². The van der Waals surface area contributed by atoms with Crippen molar-refractivity contribution in [1.82, 2.24) is 0 Å². The third-order valence-corrected chi connectivity index (χ3v) is 7.06. The van der Waals surface area contributed by atoms with E-state index in [2.05, 4.69) is 13.8 Å². The highest BCUT2D eigenvalue weighted by molar-refractivity contribution is 5.85. The van der Waals surface area contributed by atoms with Crippen LogP contribution in [0.25, 0.3) is 0 Å². The first-order valence-corrected chi connectivity index (χ1v) is 15.7. The fourth-order valence-corrected chi connectivity index (χ4v) is 4.64. The van der Waals surface area contributed by atoms with Gasteiger partial charge in [-0.25, -0.2) is 0 Å². The second-order valence-electron chi connectivity index (χ2n) is 10.6. The fraction of sp³-hybridized carbons (Fsp3) is 1.00. The smallest absolute Gasteiger partial charge is 0.0930 e. The number of hydrogen-bond acceptors (Lipinski definition) is 3. The van der Waals surface area contributed by atoms with Gasteiger partial charge in [0.15, 0.2) is 0 Å². The molecule has 0 heterocycles.